The SMILES string of the molecule is FC#CF.FC#CF. The smallest absolute Gasteiger partial charge is 0.141 e. The lowest BCUT2D eigenvalue weighted by atomic mass is 11.3. The van der Waals surface area contributed by atoms with Gasteiger partial charge in [-0.25, -0.2) is 0 Å². The molecule has 0 unspecified atom stereocenters. The average Bonchev–Trinajstić information content (AvgIpc) is 1.88. The van der Waals surface area contributed by atoms with Crippen molar-refractivity contribution < 1.29 is 17.6 Å². The van der Waals surface area contributed by atoms with Gasteiger partial charge in [-0.05, 0) is 0 Å². The lowest BCUT2D eigenvalue weighted by Crippen LogP contribution is -1.19. The molecule has 0 aromatic rings. The van der Waals surface area contributed by atoms with Crippen LogP contribution in [0.25, 0.3) is 0 Å². The number of rotatable bonds is 0. The van der Waals surface area contributed by atoms with Crippen molar-refractivity contribution in [1.29, 1.82) is 0 Å². The lowest BCUT2D eigenvalue weighted by molar-refractivity contribution is 0.722. The summed E-state index contributed by atoms with van der Waals surface area (Å²) < 4.78 is 39.9. The molecule has 0 nitrogen and oxygen atoms in total. The largest absolute Gasteiger partial charge is 0.141 e. The van der Waals surface area contributed by atoms with E-state index in [2.05, 4.69) is 0 Å². The maximum Gasteiger partial charge on any atom is 0.141 e. The number of hydrogen-bond donors (Lipinski definition) is 0. The predicted octanol–water partition coefficient (Wildman–Crippen LogP) is 1.69. The molecule has 0 aliphatic rings. The number of hydrogen-bond acceptors (Lipinski definition) is 0. The first kappa shape index (κ1) is 9.96. The Hall–Kier alpha value is -1.16. The van der Waals surface area contributed by atoms with E-state index in [9.17, 15) is 17.6 Å². The summed E-state index contributed by atoms with van der Waals surface area (Å²) in [6.45, 7) is 0. The fourth-order valence-electron chi connectivity index (χ4n) is 0. The summed E-state index contributed by atoms with van der Waals surface area (Å²) in [6, 6.07) is 0. The van der Waals surface area contributed by atoms with Gasteiger partial charge in [0.05, 0.1) is 0 Å². The van der Waals surface area contributed by atoms with Crippen LogP contribution in [0.3, 0.4) is 0 Å². The molecule has 0 aromatic carbocycles. The van der Waals surface area contributed by atoms with Crippen molar-refractivity contribution in [1.82, 2.24) is 0 Å². The highest BCUT2D eigenvalue weighted by Gasteiger charge is 1.38. The molecule has 0 bridgehead atoms. The second-order valence-corrected chi connectivity index (χ2v) is 0.378. The Kier molecular flexibility index (Phi) is 21.1. The predicted molar refractivity (Wildman–Crippen MR) is 20.0 cm³/mol. The van der Waals surface area contributed by atoms with Crippen molar-refractivity contribution in [3.8, 4) is 24.7 Å². The molecular formula is C4F4. The zero-order valence-corrected chi connectivity index (χ0v) is 3.51. The topological polar surface area (TPSA) is 0 Å². The minimum Gasteiger partial charge on any atom is -0.141 e. The molecule has 0 rings (SSSR count). The van der Waals surface area contributed by atoms with Crippen molar-refractivity contribution >= 4 is 0 Å². The molecule has 0 spiro atoms. The van der Waals surface area contributed by atoms with Crippen molar-refractivity contribution in [3.63, 3.8) is 0 Å². The van der Waals surface area contributed by atoms with Gasteiger partial charge >= 0.3 is 0 Å². The first-order valence-corrected chi connectivity index (χ1v) is 1.26. The quantitative estimate of drug-likeness (QED) is 0.340. The van der Waals surface area contributed by atoms with E-state index in [1.54, 1.807) is 0 Å². The summed E-state index contributed by atoms with van der Waals surface area (Å²) >= 11 is 0. The Labute approximate surface area is 43.5 Å². The van der Waals surface area contributed by atoms with E-state index in [-0.39, 0.29) is 0 Å². The molecule has 0 amide bonds. The van der Waals surface area contributed by atoms with Gasteiger partial charge in [0.1, 0.15) is 24.7 Å². The van der Waals surface area contributed by atoms with Crippen LogP contribution in [-0.2, 0) is 0 Å². The van der Waals surface area contributed by atoms with Crippen molar-refractivity contribution in [2.75, 3.05) is 0 Å². The molecule has 0 aromatic heterocycles. The second-order valence-electron chi connectivity index (χ2n) is 0.378. The van der Waals surface area contributed by atoms with Crippen LogP contribution in [0.1, 0.15) is 0 Å². The second kappa shape index (κ2) is 17.0. The highest BCUT2D eigenvalue weighted by atomic mass is 19.2. The normalized spacial score (nSPS) is 3.50. The summed E-state index contributed by atoms with van der Waals surface area (Å²) in [7, 11) is 0. The molecule has 8 heavy (non-hydrogen) atoms. The monoisotopic (exact) mass is 124 g/mol. The molecule has 0 radical (unpaired) electrons. The first-order valence-electron chi connectivity index (χ1n) is 1.26. The van der Waals surface area contributed by atoms with Crippen LogP contribution in [-0.4, -0.2) is 0 Å². The summed E-state index contributed by atoms with van der Waals surface area (Å²) in [5.74, 6) is 0. The summed E-state index contributed by atoms with van der Waals surface area (Å²) in [5.41, 5.74) is 0. The van der Waals surface area contributed by atoms with E-state index in [4.69, 9.17) is 0 Å². The van der Waals surface area contributed by atoms with Crippen molar-refractivity contribution in [2.45, 2.75) is 0 Å². The highest BCUT2D eigenvalue weighted by molar-refractivity contribution is 4.74. The van der Waals surface area contributed by atoms with Crippen LogP contribution in [0.4, 0.5) is 17.6 Å². The molecular weight excluding hydrogens is 124 g/mol. The fourth-order valence-corrected chi connectivity index (χ4v) is 0. The van der Waals surface area contributed by atoms with Crippen LogP contribution in [0.2, 0.25) is 0 Å². The van der Waals surface area contributed by atoms with Gasteiger partial charge in [-0.3, -0.25) is 0 Å². The van der Waals surface area contributed by atoms with E-state index in [1.165, 1.54) is 0 Å². The first-order chi connectivity index (χ1) is 3.83. The molecule has 0 saturated heterocycles. The van der Waals surface area contributed by atoms with E-state index < -0.39 is 0 Å². The van der Waals surface area contributed by atoms with Crippen LogP contribution in [0, 0.1) is 24.7 Å². The van der Waals surface area contributed by atoms with Crippen LogP contribution in [0.5, 0.6) is 0 Å². The minimum atomic E-state index is 0.514. The van der Waals surface area contributed by atoms with Gasteiger partial charge in [0.2, 0.25) is 0 Å². The van der Waals surface area contributed by atoms with E-state index in [1.807, 2.05) is 0 Å². The Morgan fingerprint density at radius 3 is 0.625 bits per heavy atom. The third-order valence-corrected chi connectivity index (χ3v) is 0.0714. The molecule has 0 aliphatic carbocycles. The zero-order chi connectivity index (χ0) is 6.83. The molecule has 44 valence electrons. The maximum absolute atomic E-state index is 9.99. The van der Waals surface area contributed by atoms with Gasteiger partial charge in [-0.15, -0.1) is 17.6 Å². The van der Waals surface area contributed by atoms with E-state index >= 15 is 0 Å². The molecule has 4 heteroatoms. The van der Waals surface area contributed by atoms with Crippen LogP contribution < -0.4 is 0 Å². The fraction of sp³-hybridized carbons (Fsp3) is 0. The third kappa shape index (κ3) is 101. The Morgan fingerprint density at radius 1 is 0.500 bits per heavy atom. The maximum atomic E-state index is 9.99. The van der Waals surface area contributed by atoms with Gasteiger partial charge in [0, 0.05) is 0 Å². The minimum absolute atomic E-state index is 0.514. The van der Waals surface area contributed by atoms with Gasteiger partial charge < -0.3 is 0 Å². The van der Waals surface area contributed by atoms with Gasteiger partial charge in [-0.2, -0.15) is 0 Å². The van der Waals surface area contributed by atoms with Crippen LogP contribution >= 0.6 is 0 Å². The van der Waals surface area contributed by atoms with Gasteiger partial charge in [0.15, 0.2) is 0 Å². The third-order valence-electron chi connectivity index (χ3n) is 0.0714. The van der Waals surface area contributed by atoms with Gasteiger partial charge in [-0.1, -0.05) is 0 Å². The Bertz CT molecular complexity index is 99.6. The van der Waals surface area contributed by atoms with Crippen LogP contribution in [0.15, 0.2) is 0 Å². The molecule has 0 N–H and O–H groups in total. The number of halogens is 4. The highest BCUT2D eigenvalue weighted by Crippen LogP contribution is 1.51. The molecule has 0 fully saturated rings. The van der Waals surface area contributed by atoms with E-state index in [0.29, 0.717) is 24.7 Å². The summed E-state index contributed by atoms with van der Waals surface area (Å²) in [4.78, 5) is 0. The Morgan fingerprint density at radius 2 is 0.625 bits per heavy atom. The molecule has 0 heterocycles. The van der Waals surface area contributed by atoms with Gasteiger partial charge in [0.25, 0.3) is 0 Å². The molecule has 0 saturated carbocycles. The van der Waals surface area contributed by atoms with E-state index in [0.717, 1.165) is 0 Å². The van der Waals surface area contributed by atoms with Crippen molar-refractivity contribution in [3.05, 3.63) is 0 Å². The zero-order valence-electron chi connectivity index (χ0n) is 3.51. The van der Waals surface area contributed by atoms with Crippen molar-refractivity contribution in [2.24, 2.45) is 0 Å². The average molecular weight is 124 g/mol. The standard InChI is InChI=1S/2C2F2/c2*3-1-2-4. The summed E-state index contributed by atoms with van der Waals surface area (Å²) in [6.07, 6.45) is 2.06. The molecule has 0 atom stereocenters. The summed E-state index contributed by atoms with van der Waals surface area (Å²) in [5, 5.41) is 0. The molecule has 0 aliphatic heterocycles. The lowest BCUT2D eigenvalue weighted by Gasteiger charge is -1.30. The Balaban J connectivity index is 0.